The van der Waals surface area contributed by atoms with Gasteiger partial charge in [0, 0.05) is 12.1 Å². The minimum Gasteiger partial charge on any atom is -0.352 e. The molecule has 2 aliphatic carbocycles. The van der Waals surface area contributed by atoms with E-state index in [4.69, 9.17) is 5.73 Å². The fraction of sp³-hybridized carbons (Fsp3) is 0.667. The van der Waals surface area contributed by atoms with Gasteiger partial charge in [-0.15, -0.1) is 0 Å². The second kappa shape index (κ2) is 4.87. The Morgan fingerprint density at radius 2 is 2.06 bits per heavy atom. The zero-order valence-corrected chi connectivity index (χ0v) is 9.98. The highest BCUT2D eigenvalue weighted by atomic mass is 16.2. The van der Waals surface area contributed by atoms with Crippen LogP contribution in [0.1, 0.15) is 26.2 Å². The predicted molar refractivity (Wildman–Crippen MR) is 64.0 cm³/mol. The van der Waals surface area contributed by atoms with Gasteiger partial charge in [-0.05, 0) is 26.2 Å². The predicted octanol–water partition coefficient (Wildman–Crippen LogP) is -0.327. The fourth-order valence-corrected chi connectivity index (χ4v) is 1.86. The Labute approximate surface area is 101 Å². The molecular formula is C12H19N3O2. The molecule has 94 valence electrons. The number of nitrogens with one attached hydrogen (secondary N) is 2. The van der Waals surface area contributed by atoms with Gasteiger partial charge >= 0.3 is 0 Å². The molecule has 5 heteroatoms. The first-order chi connectivity index (χ1) is 8.06. The summed E-state index contributed by atoms with van der Waals surface area (Å²) in [5.74, 6) is -0.416. The fourth-order valence-electron chi connectivity index (χ4n) is 1.86. The molecule has 0 radical (unpaired) electrons. The third-order valence-corrected chi connectivity index (χ3v) is 3.13. The third-order valence-electron chi connectivity index (χ3n) is 3.13. The van der Waals surface area contributed by atoms with Gasteiger partial charge in [-0.1, -0.05) is 12.2 Å². The first-order valence-electron chi connectivity index (χ1n) is 6.11. The Bertz CT molecular complexity index is 350. The summed E-state index contributed by atoms with van der Waals surface area (Å²) >= 11 is 0. The lowest BCUT2D eigenvalue weighted by molar-refractivity contribution is -0.130. The first kappa shape index (κ1) is 12.1. The van der Waals surface area contributed by atoms with Crippen molar-refractivity contribution in [3.05, 3.63) is 12.2 Å². The maximum atomic E-state index is 11.8. The van der Waals surface area contributed by atoms with Crippen LogP contribution >= 0.6 is 0 Å². The van der Waals surface area contributed by atoms with E-state index in [-0.39, 0.29) is 23.8 Å². The molecule has 3 unspecified atom stereocenters. The molecule has 0 aromatic carbocycles. The highest BCUT2D eigenvalue weighted by molar-refractivity contribution is 5.89. The van der Waals surface area contributed by atoms with Crippen molar-refractivity contribution >= 4 is 11.8 Å². The van der Waals surface area contributed by atoms with Crippen LogP contribution in [0.15, 0.2) is 12.2 Å². The van der Waals surface area contributed by atoms with E-state index in [0.717, 1.165) is 12.8 Å². The molecule has 2 aliphatic rings. The summed E-state index contributed by atoms with van der Waals surface area (Å²) in [6.07, 6.45) is 6.37. The van der Waals surface area contributed by atoms with Crippen LogP contribution in [0, 0.1) is 5.92 Å². The van der Waals surface area contributed by atoms with Crippen LogP contribution in [-0.2, 0) is 9.59 Å². The van der Waals surface area contributed by atoms with Gasteiger partial charge in [0.25, 0.3) is 0 Å². The SMILES string of the molecule is CC(NC(=O)C1C=CC(N)C1)C(=O)NC1CC1. The molecule has 17 heavy (non-hydrogen) atoms. The minimum atomic E-state index is -0.478. The first-order valence-corrected chi connectivity index (χ1v) is 6.11. The molecule has 5 nitrogen and oxygen atoms in total. The molecule has 0 aromatic heterocycles. The maximum absolute atomic E-state index is 11.8. The second-order valence-electron chi connectivity index (χ2n) is 4.90. The Kier molecular flexibility index (Phi) is 3.47. The lowest BCUT2D eigenvalue weighted by atomic mass is 10.1. The van der Waals surface area contributed by atoms with Crippen molar-refractivity contribution in [1.82, 2.24) is 10.6 Å². The number of carbonyl (C=O) groups is 2. The van der Waals surface area contributed by atoms with Crippen molar-refractivity contribution in [1.29, 1.82) is 0 Å². The summed E-state index contributed by atoms with van der Waals surface area (Å²) in [6, 6.07) is -0.198. The van der Waals surface area contributed by atoms with E-state index in [9.17, 15) is 9.59 Å². The van der Waals surface area contributed by atoms with E-state index in [2.05, 4.69) is 10.6 Å². The maximum Gasteiger partial charge on any atom is 0.242 e. The average molecular weight is 237 g/mol. The summed E-state index contributed by atoms with van der Waals surface area (Å²) in [4.78, 5) is 23.4. The summed E-state index contributed by atoms with van der Waals surface area (Å²) in [5.41, 5.74) is 5.68. The number of hydrogen-bond acceptors (Lipinski definition) is 3. The summed E-state index contributed by atoms with van der Waals surface area (Å²) < 4.78 is 0. The van der Waals surface area contributed by atoms with E-state index >= 15 is 0 Å². The van der Waals surface area contributed by atoms with E-state index in [1.807, 2.05) is 12.2 Å². The van der Waals surface area contributed by atoms with Gasteiger partial charge in [-0.3, -0.25) is 9.59 Å². The smallest absolute Gasteiger partial charge is 0.242 e. The molecule has 3 atom stereocenters. The van der Waals surface area contributed by atoms with Crippen LogP contribution < -0.4 is 16.4 Å². The largest absolute Gasteiger partial charge is 0.352 e. The second-order valence-corrected chi connectivity index (χ2v) is 4.90. The van der Waals surface area contributed by atoms with E-state index in [0.29, 0.717) is 12.5 Å². The van der Waals surface area contributed by atoms with E-state index < -0.39 is 6.04 Å². The van der Waals surface area contributed by atoms with Gasteiger partial charge in [0.15, 0.2) is 0 Å². The summed E-state index contributed by atoms with van der Waals surface area (Å²) in [6.45, 7) is 1.70. The van der Waals surface area contributed by atoms with Crippen LogP contribution in [-0.4, -0.2) is 29.9 Å². The monoisotopic (exact) mass is 237 g/mol. The number of rotatable bonds is 4. The van der Waals surface area contributed by atoms with E-state index in [1.54, 1.807) is 6.92 Å². The molecule has 2 rings (SSSR count). The molecule has 0 spiro atoms. The van der Waals surface area contributed by atoms with Gasteiger partial charge in [0.2, 0.25) is 11.8 Å². The van der Waals surface area contributed by atoms with Crippen molar-refractivity contribution < 1.29 is 9.59 Å². The molecule has 0 aromatic rings. The Hall–Kier alpha value is -1.36. The van der Waals surface area contributed by atoms with Crippen molar-refractivity contribution in [3.63, 3.8) is 0 Å². The highest BCUT2D eigenvalue weighted by Crippen LogP contribution is 2.19. The van der Waals surface area contributed by atoms with Gasteiger partial charge < -0.3 is 16.4 Å². The standard InChI is InChI=1S/C12H19N3O2/c1-7(11(16)15-10-4-5-10)14-12(17)8-2-3-9(13)6-8/h2-3,7-10H,4-6,13H2,1H3,(H,14,17)(H,15,16). The molecule has 4 N–H and O–H groups in total. The number of nitrogens with two attached hydrogens (primary N) is 1. The molecule has 0 aliphatic heterocycles. The topological polar surface area (TPSA) is 84.2 Å². The van der Waals surface area contributed by atoms with Gasteiger partial charge in [0.05, 0.1) is 5.92 Å². The molecule has 0 bridgehead atoms. The Morgan fingerprint density at radius 3 is 2.59 bits per heavy atom. The van der Waals surface area contributed by atoms with Gasteiger partial charge in [-0.25, -0.2) is 0 Å². The molecular weight excluding hydrogens is 218 g/mol. The summed E-state index contributed by atoms with van der Waals surface area (Å²) in [5, 5.41) is 5.58. The minimum absolute atomic E-state index is 0.0404. The van der Waals surface area contributed by atoms with Crippen LogP contribution in [0.3, 0.4) is 0 Å². The Morgan fingerprint density at radius 1 is 1.35 bits per heavy atom. The number of hydrogen-bond donors (Lipinski definition) is 3. The third kappa shape index (κ3) is 3.30. The lowest BCUT2D eigenvalue weighted by Gasteiger charge is -2.16. The highest BCUT2D eigenvalue weighted by Gasteiger charge is 2.28. The van der Waals surface area contributed by atoms with Crippen LogP contribution in [0.25, 0.3) is 0 Å². The van der Waals surface area contributed by atoms with E-state index in [1.165, 1.54) is 0 Å². The quantitative estimate of drug-likeness (QED) is 0.585. The lowest BCUT2D eigenvalue weighted by Crippen LogP contribution is -2.47. The van der Waals surface area contributed by atoms with Gasteiger partial charge in [-0.2, -0.15) is 0 Å². The van der Waals surface area contributed by atoms with Crippen LogP contribution in [0.4, 0.5) is 0 Å². The van der Waals surface area contributed by atoms with Crippen molar-refractivity contribution in [2.45, 2.75) is 44.3 Å². The van der Waals surface area contributed by atoms with Crippen molar-refractivity contribution in [2.75, 3.05) is 0 Å². The summed E-state index contributed by atoms with van der Waals surface area (Å²) in [7, 11) is 0. The van der Waals surface area contributed by atoms with Crippen molar-refractivity contribution in [3.8, 4) is 0 Å². The zero-order valence-electron chi connectivity index (χ0n) is 9.98. The molecule has 2 amide bonds. The Balaban J connectivity index is 1.77. The van der Waals surface area contributed by atoms with Gasteiger partial charge in [0.1, 0.15) is 6.04 Å². The molecule has 0 heterocycles. The number of amides is 2. The zero-order chi connectivity index (χ0) is 12.4. The normalized spacial score (nSPS) is 28.8. The van der Waals surface area contributed by atoms with Crippen molar-refractivity contribution in [2.24, 2.45) is 11.7 Å². The van der Waals surface area contributed by atoms with Crippen LogP contribution in [0.2, 0.25) is 0 Å². The molecule has 1 saturated carbocycles. The molecule has 0 saturated heterocycles. The average Bonchev–Trinajstić information content (AvgIpc) is 2.97. The number of carbonyl (C=O) groups excluding carboxylic acids is 2. The van der Waals surface area contributed by atoms with Crippen LogP contribution in [0.5, 0.6) is 0 Å². The molecule has 1 fully saturated rings.